The Bertz CT molecular complexity index is 609. The second-order valence-corrected chi connectivity index (χ2v) is 3.85. The smallest absolute Gasteiger partial charge is 0.271 e. The number of nitro benzene ring substituents is 1. The first kappa shape index (κ1) is 12.9. The molecule has 9 heteroatoms. The van der Waals surface area contributed by atoms with Crippen molar-refractivity contribution in [2.24, 2.45) is 5.73 Å². The highest BCUT2D eigenvalue weighted by molar-refractivity contribution is 5.53. The Balaban J connectivity index is 2.62. The predicted molar refractivity (Wildman–Crippen MR) is 65.0 cm³/mol. The molecule has 0 aliphatic carbocycles. The van der Waals surface area contributed by atoms with Crippen molar-refractivity contribution in [2.75, 3.05) is 7.11 Å². The van der Waals surface area contributed by atoms with E-state index in [-0.39, 0.29) is 5.69 Å². The molecule has 0 saturated carbocycles. The molecule has 9 nitrogen and oxygen atoms in total. The molecule has 0 aliphatic rings. The SMILES string of the molecule is COc1ccc([N+](=O)[O-])cc1-n1nnnc1C(C)N. The Morgan fingerprint density at radius 3 is 2.84 bits per heavy atom. The van der Waals surface area contributed by atoms with Crippen LogP contribution in [-0.2, 0) is 0 Å². The second-order valence-electron chi connectivity index (χ2n) is 3.85. The lowest BCUT2D eigenvalue weighted by Gasteiger charge is -2.10. The average molecular weight is 264 g/mol. The summed E-state index contributed by atoms with van der Waals surface area (Å²) in [7, 11) is 1.46. The van der Waals surface area contributed by atoms with Crippen LogP contribution in [0, 0.1) is 10.1 Å². The summed E-state index contributed by atoms with van der Waals surface area (Å²) in [6.07, 6.45) is 0. The first-order valence-corrected chi connectivity index (χ1v) is 5.41. The zero-order valence-corrected chi connectivity index (χ0v) is 10.3. The number of ether oxygens (including phenoxy) is 1. The Kier molecular flexibility index (Phi) is 3.38. The number of hydrogen-bond acceptors (Lipinski definition) is 7. The summed E-state index contributed by atoms with van der Waals surface area (Å²) < 4.78 is 6.49. The van der Waals surface area contributed by atoms with Gasteiger partial charge in [0.05, 0.1) is 18.1 Å². The van der Waals surface area contributed by atoms with Gasteiger partial charge in [-0.3, -0.25) is 10.1 Å². The number of methoxy groups -OCH3 is 1. The molecule has 0 fully saturated rings. The lowest BCUT2D eigenvalue weighted by atomic mass is 10.2. The van der Waals surface area contributed by atoms with Gasteiger partial charge in [0.2, 0.25) is 0 Å². The van der Waals surface area contributed by atoms with E-state index in [1.165, 1.54) is 30.0 Å². The molecule has 19 heavy (non-hydrogen) atoms. The third-order valence-electron chi connectivity index (χ3n) is 2.50. The zero-order chi connectivity index (χ0) is 14.0. The van der Waals surface area contributed by atoms with E-state index in [0.29, 0.717) is 17.3 Å². The van der Waals surface area contributed by atoms with Crippen LogP contribution in [0.25, 0.3) is 5.69 Å². The van der Waals surface area contributed by atoms with Crippen molar-refractivity contribution < 1.29 is 9.66 Å². The van der Waals surface area contributed by atoms with Crippen LogP contribution in [0.15, 0.2) is 18.2 Å². The van der Waals surface area contributed by atoms with Crippen molar-refractivity contribution in [3.8, 4) is 11.4 Å². The second kappa shape index (κ2) is 4.98. The van der Waals surface area contributed by atoms with Crippen molar-refractivity contribution >= 4 is 5.69 Å². The summed E-state index contributed by atoms with van der Waals surface area (Å²) in [5.74, 6) is 0.804. The van der Waals surface area contributed by atoms with Gasteiger partial charge in [0.25, 0.3) is 5.69 Å². The van der Waals surface area contributed by atoms with Gasteiger partial charge in [-0.2, -0.15) is 4.68 Å². The van der Waals surface area contributed by atoms with E-state index < -0.39 is 11.0 Å². The molecule has 100 valence electrons. The Hall–Kier alpha value is -2.55. The van der Waals surface area contributed by atoms with Gasteiger partial charge >= 0.3 is 0 Å². The molecule has 1 aromatic carbocycles. The van der Waals surface area contributed by atoms with Crippen LogP contribution in [-0.4, -0.2) is 32.2 Å². The standard InChI is InChI=1S/C10H12N6O3/c1-6(11)10-12-13-14-15(10)8-5-7(16(17)18)3-4-9(8)19-2/h3-6H,11H2,1-2H3. The first-order valence-electron chi connectivity index (χ1n) is 5.41. The Labute approximate surface area is 108 Å². The molecule has 2 N–H and O–H groups in total. The van der Waals surface area contributed by atoms with E-state index in [9.17, 15) is 10.1 Å². The van der Waals surface area contributed by atoms with Crippen molar-refractivity contribution in [2.45, 2.75) is 13.0 Å². The molecule has 0 aliphatic heterocycles. The number of nitro groups is 1. The largest absolute Gasteiger partial charge is 0.494 e. The van der Waals surface area contributed by atoms with Gasteiger partial charge in [-0.25, -0.2) is 0 Å². The predicted octanol–water partition coefficient (Wildman–Crippen LogP) is 0.599. The summed E-state index contributed by atoms with van der Waals surface area (Å²) in [6.45, 7) is 1.71. The maximum Gasteiger partial charge on any atom is 0.271 e. The normalized spacial score (nSPS) is 12.2. The van der Waals surface area contributed by atoms with Crippen molar-refractivity contribution in [3.63, 3.8) is 0 Å². The quantitative estimate of drug-likeness (QED) is 0.633. The lowest BCUT2D eigenvalue weighted by molar-refractivity contribution is -0.384. The minimum absolute atomic E-state index is 0.0816. The number of tetrazole rings is 1. The summed E-state index contributed by atoms with van der Waals surface area (Å²) >= 11 is 0. The molecular weight excluding hydrogens is 252 g/mol. The molecule has 1 aromatic heterocycles. The van der Waals surface area contributed by atoms with Crippen molar-refractivity contribution in [1.82, 2.24) is 20.2 Å². The van der Waals surface area contributed by atoms with Gasteiger partial charge in [0, 0.05) is 12.1 Å². The first-order chi connectivity index (χ1) is 9.04. The summed E-state index contributed by atoms with van der Waals surface area (Å²) in [5.41, 5.74) is 6.04. The number of aromatic nitrogens is 4. The van der Waals surface area contributed by atoms with E-state index in [1.807, 2.05) is 0 Å². The molecule has 0 amide bonds. The third kappa shape index (κ3) is 2.36. The van der Waals surface area contributed by atoms with Crippen LogP contribution in [0.1, 0.15) is 18.8 Å². The highest BCUT2D eigenvalue weighted by Crippen LogP contribution is 2.28. The maximum absolute atomic E-state index is 10.8. The molecule has 2 rings (SSSR count). The van der Waals surface area contributed by atoms with Crippen molar-refractivity contribution in [1.29, 1.82) is 0 Å². The fourth-order valence-corrected chi connectivity index (χ4v) is 1.61. The summed E-state index contributed by atoms with van der Waals surface area (Å²) in [4.78, 5) is 10.3. The van der Waals surface area contributed by atoms with E-state index in [1.54, 1.807) is 6.92 Å². The van der Waals surface area contributed by atoms with Gasteiger partial charge in [-0.1, -0.05) is 0 Å². The van der Waals surface area contributed by atoms with E-state index >= 15 is 0 Å². The third-order valence-corrected chi connectivity index (χ3v) is 2.50. The average Bonchev–Trinajstić information content (AvgIpc) is 2.87. The van der Waals surface area contributed by atoms with E-state index in [2.05, 4.69) is 15.5 Å². The maximum atomic E-state index is 10.8. The van der Waals surface area contributed by atoms with Gasteiger partial charge in [-0.15, -0.1) is 5.10 Å². The number of nitrogens with zero attached hydrogens (tertiary/aromatic N) is 5. The van der Waals surface area contributed by atoms with Gasteiger partial charge in [0.1, 0.15) is 11.4 Å². The highest BCUT2D eigenvalue weighted by Gasteiger charge is 2.18. The van der Waals surface area contributed by atoms with Crippen LogP contribution in [0.5, 0.6) is 5.75 Å². The summed E-state index contributed by atoms with van der Waals surface area (Å²) in [5, 5.41) is 21.9. The summed E-state index contributed by atoms with van der Waals surface area (Å²) in [6, 6.07) is 3.75. The van der Waals surface area contributed by atoms with Gasteiger partial charge < -0.3 is 10.5 Å². The van der Waals surface area contributed by atoms with Crippen LogP contribution >= 0.6 is 0 Å². The molecule has 0 radical (unpaired) electrons. The molecule has 1 unspecified atom stereocenters. The molecule has 1 atom stereocenters. The number of benzene rings is 1. The number of non-ortho nitro benzene ring substituents is 1. The Morgan fingerprint density at radius 1 is 1.53 bits per heavy atom. The minimum atomic E-state index is -0.501. The number of rotatable bonds is 4. The lowest BCUT2D eigenvalue weighted by Crippen LogP contribution is -2.14. The molecule has 0 saturated heterocycles. The zero-order valence-electron chi connectivity index (χ0n) is 10.3. The molecule has 0 bridgehead atoms. The van der Waals surface area contributed by atoms with E-state index in [0.717, 1.165) is 0 Å². The fraction of sp³-hybridized carbons (Fsp3) is 0.300. The van der Waals surface area contributed by atoms with Gasteiger partial charge in [0.15, 0.2) is 5.82 Å². The fourth-order valence-electron chi connectivity index (χ4n) is 1.61. The van der Waals surface area contributed by atoms with Crippen molar-refractivity contribution in [3.05, 3.63) is 34.1 Å². The topological polar surface area (TPSA) is 122 Å². The number of hydrogen-bond donors (Lipinski definition) is 1. The molecular formula is C10H12N6O3. The minimum Gasteiger partial charge on any atom is -0.494 e. The number of nitrogens with two attached hydrogens (primary N) is 1. The van der Waals surface area contributed by atoms with E-state index in [4.69, 9.17) is 10.5 Å². The Morgan fingerprint density at radius 2 is 2.26 bits per heavy atom. The van der Waals surface area contributed by atoms with Crippen LogP contribution in [0.3, 0.4) is 0 Å². The molecule has 2 aromatic rings. The monoisotopic (exact) mass is 264 g/mol. The van der Waals surface area contributed by atoms with Crippen LogP contribution in [0.4, 0.5) is 5.69 Å². The van der Waals surface area contributed by atoms with Crippen LogP contribution < -0.4 is 10.5 Å². The van der Waals surface area contributed by atoms with Gasteiger partial charge in [-0.05, 0) is 23.4 Å². The molecule has 1 heterocycles. The molecule has 0 spiro atoms. The van der Waals surface area contributed by atoms with Crippen LogP contribution in [0.2, 0.25) is 0 Å². The highest BCUT2D eigenvalue weighted by atomic mass is 16.6.